The van der Waals surface area contributed by atoms with Gasteiger partial charge in [0.1, 0.15) is 0 Å². The van der Waals surface area contributed by atoms with E-state index in [0.717, 1.165) is 12.1 Å². The van der Waals surface area contributed by atoms with E-state index in [1.165, 1.54) is 38.2 Å². The van der Waals surface area contributed by atoms with Crippen LogP contribution in [0.3, 0.4) is 0 Å². The number of rotatable bonds is 7. The van der Waals surface area contributed by atoms with Crippen molar-refractivity contribution < 1.29 is 14.6 Å². The third kappa shape index (κ3) is 5.30. The van der Waals surface area contributed by atoms with Crippen molar-refractivity contribution in [2.45, 2.75) is 63.1 Å². The quantitative estimate of drug-likeness (QED) is 0.707. The molecule has 0 unspecified atom stereocenters. The second-order valence-electron chi connectivity index (χ2n) is 8.61. The average molecular weight is 424 g/mol. The minimum Gasteiger partial charge on any atom is -0.394 e. The Morgan fingerprint density at radius 2 is 2.19 bits per heavy atom. The fourth-order valence-electron chi connectivity index (χ4n) is 4.61. The number of nitrogens with zero attached hydrogens (tertiary/aromatic N) is 4. The molecule has 1 saturated carbocycles. The van der Waals surface area contributed by atoms with Crippen LogP contribution in [0.1, 0.15) is 66.2 Å². The minimum atomic E-state index is -0.534. The SMILES string of the molecule is N#Cc1cccc(C(=O)N[C@@H](CO)[C@@H]2C[C@@H](n3cc(CC4CCCCC4)nn3)CO2)c1. The first-order valence-electron chi connectivity index (χ1n) is 11.1. The van der Waals surface area contributed by atoms with Gasteiger partial charge in [-0.25, -0.2) is 4.68 Å². The summed E-state index contributed by atoms with van der Waals surface area (Å²) in [6, 6.07) is 8.01. The van der Waals surface area contributed by atoms with E-state index in [2.05, 4.69) is 15.6 Å². The van der Waals surface area contributed by atoms with Crippen molar-refractivity contribution in [3.63, 3.8) is 0 Å². The zero-order valence-corrected chi connectivity index (χ0v) is 17.6. The molecule has 1 amide bonds. The number of benzene rings is 1. The maximum atomic E-state index is 12.6. The van der Waals surface area contributed by atoms with E-state index in [0.29, 0.717) is 30.1 Å². The van der Waals surface area contributed by atoms with Gasteiger partial charge in [-0.15, -0.1) is 5.10 Å². The molecule has 2 aromatic rings. The normalized spacial score (nSPS) is 22.7. The van der Waals surface area contributed by atoms with E-state index < -0.39 is 6.04 Å². The summed E-state index contributed by atoms with van der Waals surface area (Å²) in [4.78, 5) is 12.6. The van der Waals surface area contributed by atoms with Gasteiger partial charge in [-0.3, -0.25) is 4.79 Å². The Bertz CT molecular complexity index is 931. The molecule has 2 N–H and O–H groups in total. The maximum Gasteiger partial charge on any atom is 0.251 e. The number of ether oxygens (including phenoxy) is 1. The van der Waals surface area contributed by atoms with Crippen molar-refractivity contribution in [3.8, 4) is 6.07 Å². The van der Waals surface area contributed by atoms with Crippen molar-refractivity contribution in [2.24, 2.45) is 5.92 Å². The summed E-state index contributed by atoms with van der Waals surface area (Å²) < 4.78 is 7.76. The van der Waals surface area contributed by atoms with E-state index in [1.54, 1.807) is 18.2 Å². The number of carbonyl (C=O) groups excluding carboxylic acids is 1. The fraction of sp³-hybridized carbons (Fsp3) is 0.565. The first-order chi connectivity index (χ1) is 15.2. The van der Waals surface area contributed by atoms with Gasteiger partial charge < -0.3 is 15.2 Å². The topological polar surface area (TPSA) is 113 Å². The third-order valence-electron chi connectivity index (χ3n) is 6.38. The molecule has 8 heteroatoms. The van der Waals surface area contributed by atoms with Gasteiger partial charge in [0, 0.05) is 18.2 Å². The summed E-state index contributed by atoms with van der Waals surface area (Å²) in [6.45, 7) is 0.235. The number of carbonyl (C=O) groups is 1. The lowest BCUT2D eigenvalue weighted by atomic mass is 9.86. The molecule has 1 aliphatic carbocycles. The number of amides is 1. The second kappa shape index (κ2) is 10.0. The smallest absolute Gasteiger partial charge is 0.251 e. The molecule has 4 rings (SSSR count). The van der Waals surface area contributed by atoms with E-state index in [4.69, 9.17) is 10.00 Å². The molecule has 3 atom stereocenters. The highest BCUT2D eigenvalue weighted by Crippen LogP contribution is 2.28. The Labute approximate surface area is 182 Å². The molecule has 1 saturated heterocycles. The molecule has 31 heavy (non-hydrogen) atoms. The Hall–Kier alpha value is -2.76. The van der Waals surface area contributed by atoms with Crippen LogP contribution in [0.2, 0.25) is 0 Å². The van der Waals surface area contributed by atoms with Crippen molar-refractivity contribution in [1.82, 2.24) is 20.3 Å². The van der Waals surface area contributed by atoms with Gasteiger partial charge in [0.05, 0.1) is 48.7 Å². The Morgan fingerprint density at radius 3 is 2.97 bits per heavy atom. The number of hydrogen-bond donors (Lipinski definition) is 2. The van der Waals surface area contributed by atoms with Crippen LogP contribution >= 0.6 is 0 Å². The standard InChI is InChI=1S/C23H29N5O3/c24-12-17-7-4-8-18(9-17)23(30)25-21(14-29)22-11-20(15-31-22)28-13-19(26-27-28)10-16-5-2-1-3-6-16/h4,7-9,13,16,20-22,29H,1-3,5-6,10-11,14-15H2,(H,25,30)/t20-,21+,22+/m1/s1. The van der Waals surface area contributed by atoms with Gasteiger partial charge in [-0.05, 0) is 30.5 Å². The first-order valence-corrected chi connectivity index (χ1v) is 11.1. The van der Waals surface area contributed by atoms with Crippen molar-refractivity contribution >= 4 is 5.91 Å². The molecule has 2 aliphatic rings. The van der Waals surface area contributed by atoms with E-state index in [9.17, 15) is 9.90 Å². The molecule has 1 aromatic heterocycles. The predicted molar refractivity (Wildman–Crippen MR) is 113 cm³/mol. The van der Waals surface area contributed by atoms with E-state index in [-0.39, 0.29) is 24.7 Å². The van der Waals surface area contributed by atoms with Crippen LogP contribution in [0, 0.1) is 17.2 Å². The summed E-state index contributed by atoms with van der Waals surface area (Å²) in [6.07, 6.45) is 9.83. The largest absolute Gasteiger partial charge is 0.394 e. The van der Waals surface area contributed by atoms with Crippen LogP contribution < -0.4 is 5.32 Å². The molecular formula is C23H29N5O3. The van der Waals surface area contributed by atoms with Gasteiger partial charge in [0.15, 0.2) is 0 Å². The summed E-state index contributed by atoms with van der Waals surface area (Å²) >= 11 is 0. The van der Waals surface area contributed by atoms with Crippen molar-refractivity contribution in [1.29, 1.82) is 5.26 Å². The number of aromatic nitrogens is 3. The van der Waals surface area contributed by atoms with Gasteiger partial charge in [0.25, 0.3) is 5.91 Å². The highest BCUT2D eigenvalue weighted by atomic mass is 16.5. The van der Waals surface area contributed by atoms with Gasteiger partial charge >= 0.3 is 0 Å². The minimum absolute atomic E-state index is 0.0328. The predicted octanol–water partition coefficient (Wildman–Crippen LogP) is 2.39. The number of aliphatic hydroxyl groups is 1. The molecule has 1 aliphatic heterocycles. The number of nitrogens with one attached hydrogen (secondary N) is 1. The lowest BCUT2D eigenvalue weighted by molar-refractivity contribution is 0.0490. The zero-order valence-electron chi connectivity index (χ0n) is 17.6. The summed E-state index contributed by atoms with van der Waals surface area (Å²) in [5, 5.41) is 30.4. The van der Waals surface area contributed by atoms with Crippen LogP contribution in [0.5, 0.6) is 0 Å². The lowest BCUT2D eigenvalue weighted by Crippen LogP contribution is -2.45. The fourth-order valence-corrected chi connectivity index (χ4v) is 4.61. The zero-order chi connectivity index (χ0) is 21.6. The van der Waals surface area contributed by atoms with Gasteiger partial charge in [-0.1, -0.05) is 43.4 Å². The second-order valence-corrected chi connectivity index (χ2v) is 8.61. The monoisotopic (exact) mass is 423 g/mol. The number of nitriles is 1. The van der Waals surface area contributed by atoms with E-state index >= 15 is 0 Å². The van der Waals surface area contributed by atoms with Crippen LogP contribution in [-0.2, 0) is 11.2 Å². The molecular weight excluding hydrogens is 394 g/mol. The molecule has 0 radical (unpaired) electrons. The van der Waals surface area contributed by atoms with Crippen LogP contribution in [0.15, 0.2) is 30.5 Å². The Balaban J connectivity index is 1.33. The van der Waals surface area contributed by atoms with Crippen LogP contribution in [0.25, 0.3) is 0 Å². The highest BCUT2D eigenvalue weighted by molar-refractivity contribution is 5.94. The molecule has 8 nitrogen and oxygen atoms in total. The highest BCUT2D eigenvalue weighted by Gasteiger charge is 2.34. The van der Waals surface area contributed by atoms with Crippen LogP contribution in [-0.4, -0.2) is 51.4 Å². The number of aliphatic hydroxyl groups excluding tert-OH is 1. The van der Waals surface area contributed by atoms with E-state index in [1.807, 2.05) is 16.9 Å². The Morgan fingerprint density at radius 1 is 1.35 bits per heavy atom. The molecule has 0 spiro atoms. The number of hydrogen-bond acceptors (Lipinski definition) is 6. The van der Waals surface area contributed by atoms with Gasteiger partial charge in [-0.2, -0.15) is 5.26 Å². The summed E-state index contributed by atoms with van der Waals surface area (Å²) in [7, 11) is 0. The lowest BCUT2D eigenvalue weighted by Gasteiger charge is -2.22. The Kier molecular flexibility index (Phi) is 6.95. The first kappa shape index (κ1) is 21.5. The molecule has 1 aromatic carbocycles. The summed E-state index contributed by atoms with van der Waals surface area (Å²) in [5.41, 5.74) is 1.83. The van der Waals surface area contributed by atoms with Crippen molar-refractivity contribution in [3.05, 3.63) is 47.3 Å². The van der Waals surface area contributed by atoms with Gasteiger partial charge in [0.2, 0.25) is 0 Å². The van der Waals surface area contributed by atoms with Crippen molar-refractivity contribution in [2.75, 3.05) is 13.2 Å². The average Bonchev–Trinajstić information content (AvgIpc) is 3.48. The third-order valence-corrected chi connectivity index (χ3v) is 6.38. The molecule has 2 fully saturated rings. The maximum absolute atomic E-state index is 12.6. The molecule has 2 heterocycles. The molecule has 164 valence electrons. The summed E-state index contributed by atoms with van der Waals surface area (Å²) in [5.74, 6) is 0.374. The van der Waals surface area contributed by atoms with Crippen LogP contribution in [0.4, 0.5) is 0 Å². The molecule has 0 bridgehead atoms.